The second-order valence-electron chi connectivity index (χ2n) is 7.93. The predicted molar refractivity (Wildman–Crippen MR) is 128 cm³/mol. The van der Waals surface area contributed by atoms with Crippen LogP contribution in [0.1, 0.15) is 16.9 Å². The Balaban J connectivity index is 1.59. The van der Waals surface area contributed by atoms with Gasteiger partial charge in [-0.3, -0.25) is 9.69 Å². The third kappa shape index (κ3) is 4.76. The number of halogens is 5. The summed E-state index contributed by atoms with van der Waals surface area (Å²) in [6, 6.07) is 16.5. The second-order valence-corrected chi connectivity index (χ2v) is 9.22. The van der Waals surface area contributed by atoms with Crippen LogP contribution in [0.25, 0.3) is 11.0 Å². The van der Waals surface area contributed by atoms with Crippen molar-refractivity contribution in [2.45, 2.75) is 19.3 Å². The van der Waals surface area contributed by atoms with Gasteiger partial charge in [0.15, 0.2) is 0 Å². The molecule has 0 N–H and O–H groups in total. The summed E-state index contributed by atoms with van der Waals surface area (Å²) < 4.78 is 59.0. The highest BCUT2D eigenvalue weighted by atomic mass is 79.9. The average Bonchev–Trinajstić information content (AvgIpc) is 2.82. The number of rotatable bonds is 4. The molecule has 5 rings (SSSR count). The Labute approximate surface area is 210 Å². The van der Waals surface area contributed by atoms with Gasteiger partial charge in [-0.2, -0.15) is 13.2 Å². The molecule has 4 aromatic rings. The monoisotopic (exact) mass is 565 g/mol. The quantitative estimate of drug-likeness (QED) is 0.258. The molecular formula is C25H16BrClF3NO4. The zero-order valence-electron chi connectivity index (χ0n) is 17.9. The number of fused-ring (bicyclic) bond motifs is 3. The molecule has 2 heterocycles. The normalized spacial score (nSPS) is 14.0. The summed E-state index contributed by atoms with van der Waals surface area (Å²) in [6.07, 6.45) is -4.97. The maximum Gasteiger partial charge on any atom is 0.453 e. The summed E-state index contributed by atoms with van der Waals surface area (Å²) in [5.41, 5.74) is 0.202. The summed E-state index contributed by atoms with van der Waals surface area (Å²) in [6.45, 7) is 0.910. The zero-order chi connectivity index (χ0) is 24.7. The Hall–Kier alpha value is -3.01. The van der Waals surface area contributed by atoms with Crippen molar-refractivity contribution in [2.24, 2.45) is 0 Å². The Morgan fingerprint density at radius 2 is 1.80 bits per heavy atom. The maximum atomic E-state index is 14.0. The fourth-order valence-electron chi connectivity index (χ4n) is 3.86. The molecule has 1 aliphatic rings. The van der Waals surface area contributed by atoms with Crippen molar-refractivity contribution in [1.29, 1.82) is 0 Å². The molecule has 10 heteroatoms. The van der Waals surface area contributed by atoms with Gasteiger partial charge in [-0.05, 0) is 57.9 Å². The fraction of sp³-hybridized carbons (Fsp3) is 0.160. The van der Waals surface area contributed by atoms with Crippen molar-refractivity contribution in [2.75, 3.05) is 6.73 Å². The van der Waals surface area contributed by atoms with Crippen molar-refractivity contribution >= 4 is 38.5 Å². The molecule has 0 radical (unpaired) electrons. The molecule has 0 fully saturated rings. The van der Waals surface area contributed by atoms with E-state index in [0.717, 1.165) is 5.56 Å². The van der Waals surface area contributed by atoms with Gasteiger partial charge in [0.2, 0.25) is 11.2 Å². The molecule has 180 valence electrons. The molecule has 3 aromatic carbocycles. The summed E-state index contributed by atoms with van der Waals surface area (Å²) in [5, 5.41) is 0.567. The van der Waals surface area contributed by atoms with Crippen LogP contribution < -0.4 is 14.9 Å². The Bertz CT molecular complexity index is 1470. The minimum atomic E-state index is -4.97. The smallest absolute Gasteiger partial charge is 0.453 e. The van der Waals surface area contributed by atoms with E-state index < -0.39 is 23.1 Å². The number of nitrogens with zero attached hydrogens (tertiary/aromatic N) is 1. The van der Waals surface area contributed by atoms with E-state index in [9.17, 15) is 18.0 Å². The third-order valence-corrected chi connectivity index (χ3v) is 6.40. The molecular weight excluding hydrogens is 551 g/mol. The van der Waals surface area contributed by atoms with E-state index in [1.165, 1.54) is 12.1 Å². The van der Waals surface area contributed by atoms with Crippen LogP contribution in [0.5, 0.6) is 17.2 Å². The minimum Gasteiger partial charge on any atom is -0.478 e. The van der Waals surface area contributed by atoms with E-state index in [0.29, 0.717) is 27.4 Å². The highest BCUT2D eigenvalue weighted by Crippen LogP contribution is 2.41. The van der Waals surface area contributed by atoms with E-state index in [2.05, 4.69) is 15.9 Å². The Morgan fingerprint density at radius 3 is 2.51 bits per heavy atom. The van der Waals surface area contributed by atoms with Crippen LogP contribution in [0.4, 0.5) is 13.2 Å². The molecule has 0 atom stereocenters. The zero-order valence-corrected chi connectivity index (χ0v) is 20.2. The predicted octanol–water partition coefficient (Wildman–Crippen LogP) is 7.37. The topological polar surface area (TPSA) is 51.9 Å². The number of hydrogen-bond donors (Lipinski definition) is 0. The standard InChI is InChI=1S/C25H16BrClF3NO4/c26-18-3-1-2-4-20(18)34-23-21(32)16-9-10-19-17(22(16)35-24(23)25(28,29)30)12-31(13-33-19)11-14-5-7-15(27)8-6-14/h1-10H,11-13H2. The third-order valence-electron chi connectivity index (χ3n) is 5.49. The summed E-state index contributed by atoms with van der Waals surface area (Å²) in [4.78, 5) is 15.1. The van der Waals surface area contributed by atoms with Crippen LogP contribution in [-0.4, -0.2) is 11.6 Å². The first-order valence-electron chi connectivity index (χ1n) is 10.4. The second kappa shape index (κ2) is 9.22. The molecule has 0 amide bonds. The van der Waals surface area contributed by atoms with E-state index in [-0.39, 0.29) is 30.0 Å². The van der Waals surface area contributed by atoms with Gasteiger partial charge in [-0.15, -0.1) is 0 Å². The van der Waals surface area contributed by atoms with Gasteiger partial charge in [0.25, 0.3) is 5.76 Å². The number of hydrogen-bond acceptors (Lipinski definition) is 5. The molecule has 0 bridgehead atoms. The first-order valence-corrected chi connectivity index (χ1v) is 11.6. The van der Waals surface area contributed by atoms with Crippen molar-refractivity contribution < 1.29 is 27.1 Å². The van der Waals surface area contributed by atoms with Gasteiger partial charge < -0.3 is 13.9 Å². The first kappa shape index (κ1) is 23.7. The molecule has 0 unspecified atom stereocenters. The van der Waals surface area contributed by atoms with Crippen LogP contribution in [0, 0.1) is 0 Å². The minimum absolute atomic E-state index is 0.0317. The summed E-state index contributed by atoms with van der Waals surface area (Å²) in [5.74, 6) is -2.01. The van der Waals surface area contributed by atoms with Crippen molar-refractivity contribution in [3.05, 3.63) is 97.3 Å². The number of ether oxygens (including phenoxy) is 2. The molecule has 0 spiro atoms. The number of benzene rings is 3. The van der Waals surface area contributed by atoms with Gasteiger partial charge in [-0.1, -0.05) is 35.9 Å². The van der Waals surface area contributed by atoms with Gasteiger partial charge in [0, 0.05) is 18.1 Å². The fourth-order valence-corrected chi connectivity index (χ4v) is 4.35. The average molecular weight is 567 g/mol. The highest BCUT2D eigenvalue weighted by molar-refractivity contribution is 9.10. The van der Waals surface area contributed by atoms with E-state index >= 15 is 0 Å². The summed E-state index contributed by atoms with van der Waals surface area (Å²) in [7, 11) is 0. The van der Waals surface area contributed by atoms with Crippen molar-refractivity contribution in [1.82, 2.24) is 4.90 Å². The highest BCUT2D eigenvalue weighted by Gasteiger charge is 2.41. The lowest BCUT2D eigenvalue weighted by Gasteiger charge is -2.29. The molecule has 35 heavy (non-hydrogen) atoms. The lowest BCUT2D eigenvalue weighted by atomic mass is 10.1. The van der Waals surface area contributed by atoms with Crippen LogP contribution in [0.3, 0.4) is 0 Å². The van der Waals surface area contributed by atoms with Crippen LogP contribution >= 0.6 is 27.5 Å². The van der Waals surface area contributed by atoms with Gasteiger partial charge in [0.05, 0.1) is 15.4 Å². The van der Waals surface area contributed by atoms with Crippen LogP contribution in [0.15, 0.2) is 74.3 Å². The summed E-state index contributed by atoms with van der Waals surface area (Å²) >= 11 is 9.16. The number of alkyl halides is 3. The lowest BCUT2D eigenvalue weighted by Crippen LogP contribution is -2.32. The molecule has 0 saturated heterocycles. The van der Waals surface area contributed by atoms with E-state index in [4.69, 9.17) is 25.5 Å². The van der Waals surface area contributed by atoms with Gasteiger partial charge in [0.1, 0.15) is 23.8 Å². The Morgan fingerprint density at radius 1 is 1.06 bits per heavy atom. The van der Waals surface area contributed by atoms with Gasteiger partial charge in [-0.25, -0.2) is 0 Å². The maximum absolute atomic E-state index is 14.0. The van der Waals surface area contributed by atoms with Crippen LogP contribution in [-0.2, 0) is 19.3 Å². The molecule has 1 aliphatic heterocycles. The number of para-hydroxylation sites is 1. The van der Waals surface area contributed by atoms with Crippen molar-refractivity contribution in [3.63, 3.8) is 0 Å². The van der Waals surface area contributed by atoms with E-state index in [1.54, 1.807) is 36.4 Å². The van der Waals surface area contributed by atoms with Crippen LogP contribution in [0.2, 0.25) is 5.02 Å². The Kier molecular flexibility index (Phi) is 6.25. The molecule has 1 aromatic heterocycles. The SMILES string of the molecule is O=c1c(Oc2ccccc2Br)c(C(F)(F)F)oc2c3c(ccc12)OCN(Cc1ccc(Cl)cc1)C3. The van der Waals surface area contributed by atoms with E-state index in [1.807, 2.05) is 17.0 Å². The lowest BCUT2D eigenvalue weighted by molar-refractivity contribution is -0.154. The molecule has 0 aliphatic carbocycles. The molecule has 5 nitrogen and oxygen atoms in total. The molecule has 0 saturated carbocycles. The first-order chi connectivity index (χ1) is 16.7. The largest absolute Gasteiger partial charge is 0.478 e. The van der Waals surface area contributed by atoms with Gasteiger partial charge >= 0.3 is 6.18 Å². The van der Waals surface area contributed by atoms with Crippen molar-refractivity contribution in [3.8, 4) is 17.2 Å².